The molecule has 1 N–H and O–H groups in total. The summed E-state index contributed by atoms with van der Waals surface area (Å²) < 4.78 is 16.8. The fraction of sp³-hybridized carbons (Fsp3) is 0.360. The second-order valence-electron chi connectivity index (χ2n) is 7.79. The number of hydrogen-bond donors (Lipinski definition) is 1. The Labute approximate surface area is 189 Å². The standard InChI is InChI=1S/C25H30N2O5/c1-7-31-24(28)22-20(14-32-21-12-15(2)11-16(3)17(21)4)27(5)25(29)26-23(22)18-9-8-10-19(13-18)30-6/h8-13,23H,7,14H2,1-6H3,(H,26,29)/t23-/m0/s1. The normalized spacial score (nSPS) is 16.0. The second-order valence-corrected chi connectivity index (χ2v) is 7.79. The lowest BCUT2D eigenvalue weighted by Crippen LogP contribution is -2.48. The van der Waals surface area contributed by atoms with E-state index in [0.29, 0.717) is 22.6 Å². The van der Waals surface area contributed by atoms with E-state index in [-0.39, 0.29) is 19.2 Å². The van der Waals surface area contributed by atoms with Crippen LogP contribution in [-0.2, 0) is 9.53 Å². The number of rotatable bonds is 7. The Morgan fingerprint density at radius 2 is 1.91 bits per heavy atom. The van der Waals surface area contributed by atoms with Crippen molar-refractivity contribution < 1.29 is 23.8 Å². The predicted octanol–water partition coefficient (Wildman–Crippen LogP) is 4.21. The first-order chi connectivity index (χ1) is 15.3. The lowest BCUT2D eigenvalue weighted by Gasteiger charge is -2.34. The Morgan fingerprint density at radius 1 is 1.16 bits per heavy atom. The highest BCUT2D eigenvalue weighted by molar-refractivity contribution is 5.95. The summed E-state index contributed by atoms with van der Waals surface area (Å²) in [5.74, 6) is 0.848. The van der Waals surface area contributed by atoms with Gasteiger partial charge in [0.1, 0.15) is 18.1 Å². The Morgan fingerprint density at radius 3 is 2.59 bits per heavy atom. The molecule has 0 aliphatic carbocycles. The maximum absolute atomic E-state index is 13.0. The van der Waals surface area contributed by atoms with Gasteiger partial charge in [-0.1, -0.05) is 18.2 Å². The second kappa shape index (κ2) is 9.77. The van der Waals surface area contributed by atoms with Crippen LogP contribution in [0.1, 0.15) is 35.2 Å². The average molecular weight is 439 g/mol. The van der Waals surface area contributed by atoms with Crippen molar-refractivity contribution in [1.29, 1.82) is 0 Å². The van der Waals surface area contributed by atoms with Crippen molar-refractivity contribution in [3.63, 3.8) is 0 Å². The maximum Gasteiger partial charge on any atom is 0.338 e. The van der Waals surface area contributed by atoms with Crippen LogP contribution in [0.2, 0.25) is 0 Å². The molecule has 0 aromatic heterocycles. The van der Waals surface area contributed by atoms with Crippen LogP contribution in [0.5, 0.6) is 11.5 Å². The lowest BCUT2D eigenvalue weighted by atomic mass is 9.94. The van der Waals surface area contributed by atoms with Crippen LogP contribution in [-0.4, -0.2) is 44.3 Å². The van der Waals surface area contributed by atoms with E-state index in [0.717, 1.165) is 22.4 Å². The number of hydrogen-bond acceptors (Lipinski definition) is 5. The van der Waals surface area contributed by atoms with Crippen LogP contribution in [0.4, 0.5) is 4.79 Å². The van der Waals surface area contributed by atoms with Crippen LogP contribution in [0.25, 0.3) is 0 Å². The number of nitrogens with one attached hydrogen (secondary N) is 1. The molecule has 0 radical (unpaired) electrons. The summed E-state index contributed by atoms with van der Waals surface area (Å²) in [4.78, 5) is 27.2. The predicted molar refractivity (Wildman–Crippen MR) is 122 cm³/mol. The minimum Gasteiger partial charge on any atom is -0.497 e. The van der Waals surface area contributed by atoms with Crippen molar-refractivity contribution in [3.05, 3.63) is 69.9 Å². The summed E-state index contributed by atoms with van der Waals surface area (Å²) in [6, 6.07) is 10.3. The van der Waals surface area contributed by atoms with Gasteiger partial charge in [0.15, 0.2) is 0 Å². The molecule has 0 bridgehead atoms. The minimum atomic E-state index is -0.688. The molecule has 1 aliphatic rings. The van der Waals surface area contributed by atoms with Crippen molar-refractivity contribution in [2.24, 2.45) is 0 Å². The fourth-order valence-electron chi connectivity index (χ4n) is 3.75. The zero-order chi connectivity index (χ0) is 23.4. The van der Waals surface area contributed by atoms with Crippen molar-refractivity contribution in [3.8, 4) is 11.5 Å². The van der Waals surface area contributed by atoms with Crippen LogP contribution in [0.3, 0.4) is 0 Å². The Bertz CT molecular complexity index is 1060. The molecule has 1 atom stereocenters. The molecule has 0 fully saturated rings. The van der Waals surface area contributed by atoms with Gasteiger partial charge in [0.25, 0.3) is 0 Å². The zero-order valence-electron chi connectivity index (χ0n) is 19.4. The zero-order valence-corrected chi connectivity index (χ0v) is 19.4. The summed E-state index contributed by atoms with van der Waals surface area (Å²) in [5.41, 5.74) is 4.72. The van der Waals surface area contributed by atoms with Crippen LogP contribution in [0, 0.1) is 20.8 Å². The third-order valence-corrected chi connectivity index (χ3v) is 5.63. The van der Waals surface area contributed by atoms with Crippen molar-refractivity contribution in [1.82, 2.24) is 10.2 Å². The van der Waals surface area contributed by atoms with Gasteiger partial charge in [-0.2, -0.15) is 0 Å². The van der Waals surface area contributed by atoms with E-state index in [4.69, 9.17) is 14.2 Å². The van der Waals surface area contributed by atoms with Gasteiger partial charge in [-0.25, -0.2) is 9.59 Å². The van der Waals surface area contributed by atoms with Crippen LogP contribution in [0.15, 0.2) is 47.7 Å². The van der Waals surface area contributed by atoms with E-state index >= 15 is 0 Å². The van der Waals surface area contributed by atoms with Crippen LogP contribution >= 0.6 is 0 Å². The quantitative estimate of drug-likeness (QED) is 0.655. The largest absolute Gasteiger partial charge is 0.497 e. The van der Waals surface area contributed by atoms with Gasteiger partial charge in [-0.15, -0.1) is 0 Å². The molecule has 1 heterocycles. The Hall–Kier alpha value is -3.48. The third kappa shape index (κ3) is 4.72. The van der Waals surface area contributed by atoms with Crippen molar-refractivity contribution in [2.75, 3.05) is 27.4 Å². The number of methoxy groups -OCH3 is 1. The highest BCUT2D eigenvalue weighted by Gasteiger charge is 2.37. The van der Waals surface area contributed by atoms with Gasteiger partial charge in [-0.05, 0) is 68.1 Å². The Kier molecular flexibility index (Phi) is 7.08. The first kappa shape index (κ1) is 23.2. The first-order valence-corrected chi connectivity index (χ1v) is 10.6. The van der Waals surface area contributed by atoms with Gasteiger partial charge in [0.2, 0.25) is 0 Å². The van der Waals surface area contributed by atoms with Gasteiger partial charge in [0.05, 0.1) is 31.0 Å². The fourth-order valence-corrected chi connectivity index (χ4v) is 3.75. The molecular weight excluding hydrogens is 408 g/mol. The van der Waals surface area contributed by atoms with E-state index in [9.17, 15) is 9.59 Å². The average Bonchev–Trinajstić information content (AvgIpc) is 2.77. The SMILES string of the molecule is CCOC(=O)C1=C(COc2cc(C)cc(C)c2C)N(C)C(=O)N[C@H]1c1cccc(OC)c1. The monoisotopic (exact) mass is 438 g/mol. The molecule has 2 amide bonds. The highest BCUT2D eigenvalue weighted by Crippen LogP contribution is 2.33. The van der Waals surface area contributed by atoms with Gasteiger partial charge in [0, 0.05) is 7.05 Å². The van der Waals surface area contributed by atoms with Crippen LogP contribution < -0.4 is 14.8 Å². The van der Waals surface area contributed by atoms with Crippen molar-refractivity contribution in [2.45, 2.75) is 33.7 Å². The molecule has 0 unspecified atom stereocenters. The topological polar surface area (TPSA) is 77.1 Å². The molecule has 0 spiro atoms. The van der Waals surface area contributed by atoms with E-state index < -0.39 is 12.0 Å². The number of ether oxygens (including phenoxy) is 3. The Balaban J connectivity index is 2.07. The first-order valence-electron chi connectivity index (χ1n) is 10.6. The molecular formula is C25H30N2O5. The van der Waals surface area contributed by atoms with Gasteiger partial charge in [-0.3, -0.25) is 4.90 Å². The molecule has 7 heteroatoms. The molecule has 0 saturated heterocycles. The number of benzene rings is 2. The molecule has 2 aromatic carbocycles. The number of esters is 1. The summed E-state index contributed by atoms with van der Waals surface area (Å²) in [6.07, 6.45) is 0. The molecule has 1 aliphatic heterocycles. The van der Waals surface area contributed by atoms with E-state index in [1.165, 1.54) is 4.90 Å². The summed E-state index contributed by atoms with van der Waals surface area (Å²) in [5, 5.41) is 2.90. The number of aryl methyl sites for hydroxylation is 2. The number of carbonyl (C=O) groups excluding carboxylic acids is 2. The summed E-state index contributed by atoms with van der Waals surface area (Å²) >= 11 is 0. The number of likely N-dealkylation sites (N-methyl/N-ethyl adjacent to an activating group) is 1. The lowest BCUT2D eigenvalue weighted by molar-refractivity contribution is -0.139. The minimum absolute atomic E-state index is 0.0439. The maximum atomic E-state index is 13.0. The highest BCUT2D eigenvalue weighted by atomic mass is 16.5. The molecule has 0 saturated carbocycles. The van der Waals surface area contributed by atoms with E-state index in [2.05, 4.69) is 11.4 Å². The van der Waals surface area contributed by atoms with Gasteiger partial charge >= 0.3 is 12.0 Å². The van der Waals surface area contributed by atoms with Crippen molar-refractivity contribution >= 4 is 12.0 Å². The smallest absolute Gasteiger partial charge is 0.338 e. The number of urea groups is 1. The summed E-state index contributed by atoms with van der Waals surface area (Å²) in [7, 11) is 3.18. The molecule has 2 aromatic rings. The number of carbonyl (C=O) groups is 2. The molecule has 170 valence electrons. The van der Waals surface area contributed by atoms with E-state index in [1.54, 1.807) is 33.2 Å². The van der Waals surface area contributed by atoms with E-state index in [1.807, 2.05) is 39.0 Å². The summed E-state index contributed by atoms with van der Waals surface area (Å²) in [6.45, 7) is 8.02. The molecule has 3 rings (SSSR count). The third-order valence-electron chi connectivity index (χ3n) is 5.63. The molecule has 7 nitrogen and oxygen atoms in total. The van der Waals surface area contributed by atoms with Gasteiger partial charge < -0.3 is 19.5 Å². The number of nitrogens with zero attached hydrogens (tertiary/aromatic N) is 1. The molecule has 32 heavy (non-hydrogen) atoms. The number of amides is 2.